The molecule has 1 fully saturated rings. The van der Waals surface area contributed by atoms with Crippen molar-refractivity contribution in [1.29, 1.82) is 0 Å². The van der Waals surface area contributed by atoms with Crippen molar-refractivity contribution in [2.75, 3.05) is 33.9 Å². The van der Waals surface area contributed by atoms with Gasteiger partial charge in [0.15, 0.2) is 0 Å². The number of hydrogen-bond acceptors (Lipinski definition) is 5. The van der Waals surface area contributed by atoms with Gasteiger partial charge >= 0.3 is 6.09 Å². The van der Waals surface area contributed by atoms with E-state index in [0.717, 1.165) is 0 Å². The summed E-state index contributed by atoms with van der Waals surface area (Å²) in [5, 5.41) is 2.82. The molecule has 2 amide bonds. The topological polar surface area (TPSA) is 77.1 Å². The van der Waals surface area contributed by atoms with Crippen molar-refractivity contribution in [1.82, 2.24) is 10.2 Å². The van der Waals surface area contributed by atoms with Gasteiger partial charge in [-0.05, 0) is 31.9 Å². The Morgan fingerprint density at radius 2 is 1.75 bits per heavy atom. The lowest BCUT2D eigenvalue weighted by Gasteiger charge is -2.32. The highest BCUT2D eigenvalue weighted by molar-refractivity contribution is 5.99. The Bertz CT molecular complexity index is 560. The molecule has 1 aromatic rings. The summed E-state index contributed by atoms with van der Waals surface area (Å²) in [5.74, 6) is 0.858. The average Bonchev–Trinajstić information content (AvgIpc) is 2.61. The predicted octanol–water partition coefficient (Wildman–Crippen LogP) is 2.05. The standard InChI is InChI=1S/C17H24N2O5/c1-4-24-17(21)18-12-8-10-19(11-9-12)16(20)15-13(22-2)6-5-7-14(15)23-3/h5-7,12H,4,8-11H2,1-3H3,(H,18,21). The molecule has 1 saturated heterocycles. The van der Waals surface area contributed by atoms with E-state index in [4.69, 9.17) is 14.2 Å². The third kappa shape index (κ3) is 4.10. The normalized spacial score (nSPS) is 14.9. The zero-order valence-electron chi connectivity index (χ0n) is 14.3. The minimum absolute atomic E-state index is 0.0210. The first-order valence-electron chi connectivity index (χ1n) is 8.04. The van der Waals surface area contributed by atoms with Crippen molar-refractivity contribution in [3.05, 3.63) is 23.8 Å². The van der Waals surface area contributed by atoms with Crippen LogP contribution in [-0.2, 0) is 4.74 Å². The quantitative estimate of drug-likeness (QED) is 0.890. The van der Waals surface area contributed by atoms with Crippen LogP contribution >= 0.6 is 0 Å². The first-order chi connectivity index (χ1) is 11.6. The fourth-order valence-corrected chi connectivity index (χ4v) is 2.79. The molecule has 1 aromatic carbocycles. The number of hydrogen-bond donors (Lipinski definition) is 1. The van der Waals surface area contributed by atoms with Crippen LogP contribution in [0.4, 0.5) is 4.79 Å². The molecule has 2 rings (SSSR count). The highest BCUT2D eigenvalue weighted by atomic mass is 16.5. The molecule has 24 heavy (non-hydrogen) atoms. The van der Waals surface area contributed by atoms with E-state index >= 15 is 0 Å². The van der Waals surface area contributed by atoms with Crippen LogP contribution in [0.25, 0.3) is 0 Å². The fraction of sp³-hybridized carbons (Fsp3) is 0.529. The van der Waals surface area contributed by atoms with Gasteiger partial charge in [-0.15, -0.1) is 0 Å². The third-order valence-electron chi connectivity index (χ3n) is 4.02. The smallest absolute Gasteiger partial charge is 0.407 e. The Kier molecular flexibility index (Phi) is 6.28. The molecule has 1 aliphatic rings. The Hall–Kier alpha value is -2.44. The zero-order valence-corrected chi connectivity index (χ0v) is 14.3. The number of methoxy groups -OCH3 is 2. The van der Waals surface area contributed by atoms with Gasteiger partial charge in [0.2, 0.25) is 0 Å². The van der Waals surface area contributed by atoms with Crippen LogP contribution in [0.1, 0.15) is 30.1 Å². The maximum absolute atomic E-state index is 12.8. The third-order valence-corrected chi connectivity index (χ3v) is 4.02. The highest BCUT2D eigenvalue weighted by Gasteiger charge is 2.28. The number of piperidine rings is 1. The molecule has 1 aliphatic heterocycles. The van der Waals surface area contributed by atoms with Crippen LogP contribution in [-0.4, -0.2) is 56.9 Å². The maximum atomic E-state index is 12.8. The first kappa shape index (κ1) is 17.9. The molecule has 0 saturated carbocycles. The summed E-state index contributed by atoms with van der Waals surface area (Å²) in [6.45, 7) is 3.21. The van der Waals surface area contributed by atoms with Gasteiger partial charge in [-0.25, -0.2) is 4.79 Å². The van der Waals surface area contributed by atoms with E-state index in [0.29, 0.717) is 49.6 Å². The Morgan fingerprint density at radius 3 is 2.25 bits per heavy atom. The van der Waals surface area contributed by atoms with Crippen LogP contribution < -0.4 is 14.8 Å². The van der Waals surface area contributed by atoms with Gasteiger partial charge in [0, 0.05) is 19.1 Å². The molecule has 7 nitrogen and oxygen atoms in total. The second-order valence-electron chi connectivity index (χ2n) is 5.47. The number of nitrogens with one attached hydrogen (secondary N) is 1. The average molecular weight is 336 g/mol. The lowest BCUT2D eigenvalue weighted by Crippen LogP contribution is -2.46. The molecule has 0 atom stereocenters. The summed E-state index contributed by atoms with van der Waals surface area (Å²) in [7, 11) is 3.06. The second-order valence-corrected chi connectivity index (χ2v) is 5.47. The van der Waals surface area contributed by atoms with Crippen LogP contribution in [0.15, 0.2) is 18.2 Å². The summed E-state index contributed by atoms with van der Waals surface area (Å²) >= 11 is 0. The van der Waals surface area contributed by atoms with E-state index in [1.165, 1.54) is 14.2 Å². The summed E-state index contributed by atoms with van der Waals surface area (Å²) in [6.07, 6.45) is 0.956. The molecule has 0 unspecified atom stereocenters. The molecule has 7 heteroatoms. The van der Waals surface area contributed by atoms with E-state index in [-0.39, 0.29) is 11.9 Å². The van der Waals surface area contributed by atoms with Gasteiger partial charge in [-0.3, -0.25) is 4.79 Å². The number of alkyl carbamates (subject to hydrolysis) is 1. The number of benzene rings is 1. The van der Waals surface area contributed by atoms with Crippen LogP contribution in [0.3, 0.4) is 0 Å². The predicted molar refractivity (Wildman–Crippen MR) is 88.6 cm³/mol. The molecule has 132 valence electrons. The van der Waals surface area contributed by atoms with Crippen molar-refractivity contribution in [3.8, 4) is 11.5 Å². The number of rotatable bonds is 5. The summed E-state index contributed by atoms with van der Waals surface area (Å²) in [6, 6.07) is 5.28. The molecule has 0 radical (unpaired) electrons. The van der Waals surface area contributed by atoms with Gasteiger partial charge in [0.1, 0.15) is 17.1 Å². The van der Waals surface area contributed by atoms with Crippen molar-refractivity contribution in [2.24, 2.45) is 0 Å². The van der Waals surface area contributed by atoms with Crippen molar-refractivity contribution >= 4 is 12.0 Å². The number of likely N-dealkylation sites (tertiary alicyclic amines) is 1. The van der Waals surface area contributed by atoms with Gasteiger partial charge < -0.3 is 24.4 Å². The van der Waals surface area contributed by atoms with Crippen molar-refractivity contribution < 1.29 is 23.8 Å². The number of carbonyl (C=O) groups is 2. The van der Waals surface area contributed by atoms with Crippen molar-refractivity contribution in [2.45, 2.75) is 25.8 Å². The minimum Gasteiger partial charge on any atom is -0.496 e. The van der Waals surface area contributed by atoms with Gasteiger partial charge in [0.25, 0.3) is 5.91 Å². The van der Waals surface area contributed by atoms with Gasteiger partial charge in [0.05, 0.1) is 20.8 Å². The summed E-state index contributed by atoms with van der Waals surface area (Å²) in [5.41, 5.74) is 0.430. The number of nitrogens with zero attached hydrogens (tertiary/aromatic N) is 1. The highest BCUT2D eigenvalue weighted by Crippen LogP contribution is 2.30. The van der Waals surface area contributed by atoms with E-state index < -0.39 is 6.09 Å². The molecule has 0 aliphatic carbocycles. The molecular formula is C17H24N2O5. The Balaban J connectivity index is 2.02. The maximum Gasteiger partial charge on any atom is 0.407 e. The molecular weight excluding hydrogens is 312 g/mol. The molecule has 0 spiro atoms. The molecule has 1 N–H and O–H groups in total. The van der Waals surface area contributed by atoms with Gasteiger partial charge in [-0.2, -0.15) is 0 Å². The van der Waals surface area contributed by atoms with Crippen LogP contribution in [0, 0.1) is 0 Å². The minimum atomic E-state index is -0.409. The van der Waals surface area contributed by atoms with E-state index in [2.05, 4.69) is 5.32 Å². The summed E-state index contributed by atoms with van der Waals surface area (Å²) in [4.78, 5) is 26.1. The van der Waals surface area contributed by atoms with E-state index in [9.17, 15) is 9.59 Å². The fourth-order valence-electron chi connectivity index (χ4n) is 2.79. The first-order valence-corrected chi connectivity index (χ1v) is 8.04. The number of carbonyl (C=O) groups excluding carboxylic acids is 2. The number of amides is 2. The molecule has 0 aromatic heterocycles. The monoisotopic (exact) mass is 336 g/mol. The Morgan fingerprint density at radius 1 is 1.17 bits per heavy atom. The molecule has 1 heterocycles. The SMILES string of the molecule is CCOC(=O)NC1CCN(C(=O)c2c(OC)cccc2OC)CC1. The van der Waals surface area contributed by atoms with Crippen molar-refractivity contribution in [3.63, 3.8) is 0 Å². The lowest BCUT2D eigenvalue weighted by atomic mass is 10.0. The van der Waals surface area contributed by atoms with Gasteiger partial charge in [-0.1, -0.05) is 6.07 Å². The molecule has 0 bridgehead atoms. The number of ether oxygens (including phenoxy) is 3. The van der Waals surface area contributed by atoms with Crippen LogP contribution in [0.2, 0.25) is 0 Å². The van der Waals surface area contributed by atoms with E-state index in [1.54, 1.807) is 30.0 Å². The zero-order chi connectivity index (χ0) is 17.5. The lowest BCUT2D eigenvalue weighted by molar-refractivity contribution is 0.0696. The van der Waals surface area contributed by atoms with E-state index in [1.807, 2.05) is 0 Å². The second kappa shape index (κ2) is 8.42. The van der Waals surface area contributed by atoms with Crippen LogP contribution in [0.5, 0.6) is 11.5 Å². The largest absolute Gasteiger partial charge is 0.496 e. The summed E-state index contributed by atoms with van der Waals surface area (Å²) < 4.78 is 15.5. The Labute approximate surface area is 141 Å².